The lowest BCUT2D eigenvalue weighted by atomic mass is 10.2. The van der Waals surface area contributed by atoms with E-state index >= 15 is 0 Å². The summed E-state index contributed by atoms with van der Waals surface area (Å²) < 4.78 is 0. The lowest BCUT2D eigenvalue weighted by Gasteiger charge is -1.95. The minimum Gasteiger partial charge on any atom is -0.387 e. The molecule has 8 nitrogen and oxygen atoms in total. The number of nitrogens with two attached hydrogens (primary N) is 4. The van der Waals surface area contributed by atoms with Crippen LogP contribution in [0.3, 0.4) is 0 Å². The van der Waals surface area contributed by atoms with Crippen molar-refractivity contribution in [2.24, 2.45) is 33.1 Å². The molecule has 0 heterocycles. The molecule has 30 heavy (non-hydrogen) atoms. The molecule has 0 saturated carbocycles. The van der Waals surface area contributed by atoms with E-state index in [2.05, 4.69) is 10.2 Å². The highest BCUT2D eigenvalue weighted by Gasteiger charge is 1.97. The molecule has 0 aromatic heterocycles. The minimum atomic E-state index is -0.0960. The van der Waals surface area contributed by atoms with Crippen molar-refractivity contribution in [1.82, 2.24) is 0 Å². The minimum absolute atomic E-state index is 0. The van der Waals surface area contributed by atoms with Crippen LogP contribution in [0, 0.1) is 5.41 Å². The summed E-state index contributed by atoms with van der Waals surface area (Å²) in [4.78, 5) is 10.2. The molecular formula is C17H20Cl5N7O. The SMILES string of the molecule is Cl.N=C(N)CN.NC(N)=N/N=C/c1ccc(Cl)c(Cl)c1.O=Cc1ccc(Cl)c(Cl)c1. The third-order valence-electron chi connectivity index (χ3n) is 2.62. The van der Waals surface area contributed by atoms with Gasteiger partial charge in [0.25, 0.3) is 0 Å². The van der Waals surface area contributed by atoms with E-state index in [0.29, 0.717) is 25.7 Å². The fourth-order valence-corrected chi connectivity index (χ4v) is 1.95. The second-order valence-electron chi connectivity index (χ2n) is 4.96. The van der Waals surface area contributed by atoms with Crippen molar-refractivity contribution < 1.29 is 4.79 Å². The van der Waals surface area contributed by atoms with Crippen molar-refractivity contribution in [3.8, 4) is 0 Å². The number of rotatable bonds is 4. The lowest BCUT2D eigenvalue weighted by molar-refractivity contribution is 0.112. The first-order valence-corrected chi connectivity index (χ1v) is 9.12. The monoisotopic (exact) mass is 513 g/mol. The van der Waals surface area contributed by atoms with Crippen molar-refractivity contribution >= 4 is 83.1 Å². The van der Waals surface area contributed by atoms with E-state index in [-0.39, 0.29) is 30.7 Å². The van der Waals surface area contributed by atoms with Crippen molar-refractivity contribution in [3.63, 3.8) is 0 Å². The summed E-state index contributed by atoms with van der Waals surface area (Å²) in [6.07, 6.45) is 2.20. The second-order valence-corrected chi connectivity index (χ2v) is 6.59. The smallest absolute Gasteiger partial charge is 0.211 e. The molecule has 13 heteroatoms. The van der Waals surface area contributed by atoms with Gasteiger partial charge in [-0.15, -0.1) is 17.5 Å². The summed E-state index contributed by atoms with van der Waals surface area (Å²) in [5.74, 6) is -0.0636. The Bertz CT molecular complexity index is 887. The molecule has 2 aromatic carbocycles. The van der Waals surface area contributed by atoms with Crippen molar-refractivity contribution in [2.45, 2.75) is 0 Å². The van der Waals surface area contributed by atoms with E-state index in [0.717, 1.165) is 11.8 Å². The van der Waals surface area contributed by atoms with E-state index in [1.165, 1.54) is 12.3 Å². The zero-order valence-electron chi connectivity index (χ0n) is 15.4. The zero-order chi connectivity index (χ0) is 22.4. The number of carbonyl (C=O) groups is 1. The predicted octanol–water partition coefficient (Wildman–Crippen LogP) is 3.71. The van der Waals surface area contributed by atoms with Gasteiger partial charge >= 0.3 is 0 Å². The first-order chi connectivity index (χ1) is 13.6. The Hall–Kier alpha value is -2.07. The third-order valence-corrected chi connectivity index (χ3v) is 4.10. The summed E-state index contributed by atoms with van der Waals surface area (Å²) in [5.41, 5.74) is 21.0. The first kappa shape index (κ1) is 30.1. The number of nitrogens with one attached hydrogen (secondary N) is 1. The van der Waals surface area contributed by atoms with Crippen LogP contribution in [0.25, 0.3) is 0 Å². The van der Waals surface area contributed by atoms with E-state index in [1.54, 1.807) is 30.3 Å². The molecule has 0 atom stereocenters. The van der Waals surface area contributed by atoms with E-state index in [9.17, 15) is 4.79 Å². The lowest BCUT2D eigenvalue weighted by Crippen LogP contribution is -2.21. The number of benzene rings is 2. The molecule has 2 rings (SSSR count). The maximum absolute atomic E-state index is 10.2. The van der Waals surface area contributed by atoms with Gasteiger partial charge in [0.1, 0.15) is 12.1 Å². The Balaban J connectivity index is 0. The highest BCUT2D eigenvalue weighted by Crippen LogP contribution is 2.22. The van der Waals surface area contributed by atoms with Crippen LogP contribution in [-0.2, 0) is 0 Å². The molecule has 0 unspecified atom stereocenters. The molecule has 0 fully saturated rings. The van der Waals surface area contributed by atoms with Crippen LogP contribution in [0.15, 0.2) is 46.6 Å². The predicted molar refractivity (Wildman–Crippen MR) is 130 cm³/mol. The molecule has 0 amide bonds. The molecule has 0 aliphatic rings. The number of nitrogens with zero attached hydrogens (tertiary/aromatic N) is 2. The molecular weight excluding hydrogens is 496 g/mol. The fraction of sp³-hybridized carbons (Fsp3) is 0.0588. The second kappa shape index (κ2) is 16.7. The van der Waals surface area contributed by atoms with Gasteiger partial charge < -0.3 is 22.9 Å². The maximum atomic E-state index is 10.2. The zero-order valence-corrected chi connectivity index (χ0v) is 19.2. The summed E-state index contributed by atoms with van der Waals surface area (Å²) in [6.45, 7) is 0.167. The Morgan fingerprint density at radius 1 is 0.900 bits per heavy atom. The Morgan fingerprint density at radius 3 is 1.70 bits per heavy atom. The summed E-state index contributed by atoms with van der Waals surface area (Å²) in [7, 11) is 0. The highest BCUT2D eigenvalue weighted by atomic mass is 35.5. The molecule has 0 saturated heterocycles. The Labute approximate surface area is 200 Å². The summed E-state index contributed by atoms with van der Waals surface area (Å²) in [5, 5.41) is 15.3. The van der Waals surface area contributed by atoms with E-state index in [1.807, 2.05) is 0 Å². The summed E-state index contributed by atoms with van der Waals surface area (Å²) >= 11 is 22.7. The molecule has 164 valence electrons. The van der Waals surface area contributed by atoms with Crippen LogP contribution >= 0.6 is 58.8 Å². The normalized spacial score (nSPS) is 9.23. The van der Waals surface area contributed by atoms with Crippen LogP contribution in [0.4, 0.5) is 0 Å². The molecule has 0 spiro atoms. The molecule has 9 N–H and O–H groups in total. The van der Waals surface area contributed by atoms with Crippen molar-refractivity contribution in [1.29, 1.82) is 5.41 Å². The third kappa shape index (κ3) is 14.0. The Morgan fingerprint density at radius 2 is 1.33 bits per heavy atom. The molecule has 0 aliphatic heterocycles. The maximum Gasteiger partial charge on any atom is 0.211 e. The van der Waals surface area contributed by atoms with Crippen LogP contribution in [0.2, 0.25) is 20.1 Å². The van der Waals surface area contributed by atoms with E-state index in [4.69, 9.17) is 74.7 Å². The van der Waals surface area contributed by atoms with Crippen LogP contribution in [0.1, 0.15) is 15.9 Å². The van der Waals surface area contributed by atoms with Gasteiger partial charge in [-0.3, -0.25) is 10.2 Å². The first-order valence-electron chi connectivity index (χ1n) is 7.60. The number of guanidine groups is 1. The van der Waals surface area contributed by atoms with Gasteiger partial charge in [0, 0.05) is 5.56 Å². The standard InChI is InChI=1S/C8H8Cl2N4.C7H4Cl2O.C2H7N3.ClH/c9-6-2-1-5(3-7(6)10)4-13-14-8(11)12;8-6-2-1-5(4-10)3-7(6)9;3-1-2(4)5;/h1-4H,(H4,11,12,14);1-4H;1,3H2,(H3,4,5);1H/b13-4+;;;. The van der Waals surface area contributed by atoms with Gasteiger partial charge in [-0.25, -0.2) is 0 Å². The fourth-order valence-electron chi connectivity index (χ4n) is 1.34. The number of hydrogen-bond acceptors (Lipinski definition) is 5. The van der Waals surface area contributed by atoms with Crippen molar-refractivity contribution in [2.75, 3.05) is 6.54 Å². The van der Waals surface area contributed by atoms with Gasteiger partial charge in [0.2, 0.25) is 5.96 Å². The Kier molecular flexibility index (Phi) is 16.8. The van der Waals surface area contributed by atoms with Gasteiger partial charge in [0.05, 0.1) is 32.8 Å². The van der Waals surface area contributed by atoms with Gasteiger partial charge in [0.15, 0.2) is 0 Å². The number of amidine groups is 1. The highest BCUT2D eigenvalue weighted by molar-refractivity contribution is 6.42. The molecule has 0 aliphatic carbocycles. The number of carbonyl (C=O) groups excluding carboxylic acids is 1. The number of aldehydes is 1. The number of halogens is 5. The average Bonchev–Trinajstić information content (AvgIpc) is 2.67. The average molecular weight is 516 g/mol. The van der Waals surface area contributed by atoms with Gasteiger partial charge in [-0.2, -0.15) is 5.10 Å². The number of hydrogen-bond donors (Lipinski definition) is 5. The van der Waals surface area contributed by atoms with Crippen LogP contribution in [-0.4, -0.2) is 30.8 Å². The summed E-state index contributed by atoms with van der Waals surface area (Å²) in [6, 6.07) is 9.81. The largest absolute Gasteiger partial charge is 0.387 e. The molecule has 0 radical (unpaired) electrons. The van der Waals surface area contributed by atoms with Crippen LogP contribution < -0.4 is 22.9 Å². The van der Waals surface area contributed by atoms with Crippen molar-refractivity contribution in [3.05, 3.63) is 67.6 Å². The van der Waals surface area contributed by atoms with Crippen LogP contribution in [0.5, 0.6) is 0 Å². The van der Waals surface area contributed by atoms with Gasteiger partial charge in [-0.05, 0) is 29.8 Å². The quantitative estimate of drug-likeness (QED) is 0.181. The topological polar surface area (TPSA) is 170 Å². The molecule has 2 aromatic rings. The van der Waals surface area contributed by atoms with Gasteiger partial charge in [-0.1, -0.05) is 58.5 Å². The molecule has 0 bridgehead atoms. The van der Waals surface area contributed by atoms with E-state index < -0.39 is 0 Å².